The van der Waals surface area contributed by atoms with Crippen molar-refractivity contribution < 1.29 is 51.6 Å². The zero-order chi connectivity index (χ0) is 28.7. The van der Waals surface area contributed by atoms with Gasteiger partial charge in [0, 0.05) is 38.7 Å². The van der Waals surface area contributed by atoms with E-state index in [1.807, 2.05) is 0 Å². The molecule has 39 heavy (non-hydrogen) atoms. The van der Waals surface area contributed by atoms with Crippen molar-refractivity contribution in [1.29, 1.82) is 0 Å². The Morgan fingerprint density at radius 2 is 1.67 bits per heavy atom. The number of rotatable bonds is 17. The van der Waals surface area contributed by atoms with E-state index in [2.05, 4.69) is 0 Å². The van der Waals surface area contributed by atoms with Crippen LogP contribution in [0.1, 0.15) is 25.3 Å². The number of aliphatic carboxylic acids is 1. The van der Waals surface area contributed by atoms with Crippen molar-refractivity contribution >= 4 is 12.1 Å². The molecule has 0 aliphatic carbocycles. The fraction of sp³-hybridized carbons (Fsp3) is 0.481. The zero-order valence-electron chi connectivity index (χ0n) is 21.9. The number of carbonyl (C=O) groups is 2. The van der Waals surface area contributed by atoms with Crippen molar-refractivity contribution in [2.24, 2.45) is 0 Å². The summed E-state index contributed by atoms with van der Waals surface area (Å²) in [4.78, 5) is 25.4. The number of carboxylic acid groups (broad SMARTS) is 1. The van der Waals surface area contributed by atoms with Crippen molar-refractivity contribution in [3.63, 3.8) is 0 Å². The predicted octanol–water partition coefficient (Wildman–Crippen LogP) is 4.97. The van der Waals surface area contributed by atoms with E-state index in [1.165, 1.54) is 12.0 Å². The second-order valence-electron chi connectivity index (χ2n) is 8.34. The van der Waals surface area contributed by atoms with Crippen molar-refractivity contribution in [2.75, 3.05) is 46.6 Å². The highest BCUT2D eigenvalue weighted by molar-refractivity contribution is 5.72. The fourth-order valence-corrected chi connectivity index (χ4v) is 3.40. The van der Waals surface area contributed by atoms with E-state index in [9.17, 15) is 27.9 Å². The minimum Gasteiger partial charge on any atom is -0.497 e. The van der Waals surface area contributed by atoms with Gasteiger partial charge < -0.3 is 33.7 Å². The third kappa shape index (κ3) is 12.7. The summed E-state index contributed by atoms with van der Waals surface area (Å²) in [7, 11) is 1.48. The number of nitrogens with zero attached hydrogens (tertiary/aromatic N) is 1. The first-order valence-electron chi connectivity index (χ1n) is 12.4. The standard InChI is InChI=1S/C27H34F3NO8/c1-3-37-24(25(32)33)18-20-8-10-21(11-9-20)38-17-14-31(13-16-36-15-5-12-27(28,29)30)26(34)39-23-7-4-6-22(19-23)35-2/h4,6-11,19,24H,3,5,12-18H2,1-2H3,(H,32,33). The van der Waals surface area contributed by atoms with E-state index in [0.29, 0.717) is 11.5 Å². The van der Waals surface area contributed by atoms with Crippen LogP contribution in [0.15, 0.2) is 48.5 Å². The van der Waals surface area contributed by atoms with Crippen LogP contribution in [-0.2, 0) is 20.7 Å². The van der Waals surface area contributed by atoms with Crippen LogP contribution in [0.2, 0.25) is 0 Å². The van der Waals surface area contributed by atoms with Crippen molar-refractivity contribution in [2.45, 2.75) is 38.5 Å². The first-order chi connectivity index (χ1) is 18.6. The lowest BCUT2D eigenvalue weighted by molar-refractivity contribution is -0.150. The molecule has 1 unspecified atom stereocenters. The van der Waals surface area contributed by atoms with Crippen LogP contribution in [0, 0.1) is 0 Å². The number of hydrogen-bond donors (Lipinski definition) is 1. The molecule has 0 saturated carbocycles. The van der Waals surface area contributed by atoms with Crippen LogP contribution in [0.3, 0.4) is 0 Å². The third-order valence-corrected chi connectivity index (χ3v) is 5.38. The van der Waals surface area contributed by atoms with Gasteiger partial charge in [-0.2, -0.15) is 13.2 Å². The Bertz CT molecular complexity index is 1020. The molecule has 2 rings (SSSR count). The molecule has 0 saturated heterocycles. The maximum atomic E-state index is 12.8. The van der Waals surface area contributed by atoms with E-state index in [-0.39, 0.29) is 58.1 Å². The normalized spacial score (nSPS) is 12.0. The quantitative estimate of drug-likeness (QED) is 0.272. The van der Waals surface area contributed by atoms with Crippen molar-refractivity contribution in [3.8, 4) is 17.2 Å². The molecule has 0 aromatic heterocycles. The molecule has 1 atom stereocenters. The number of benzene rings is 2. The average molecular weight is 558 g/mol. The van der Waals surface area contributed by atoms with E-state index in [4.69, 9.17) is 23.7 Å². The largest absolute Gasteiger partial charge is 0.497 e. The minimum atomic E-state index is -4.24. The minimum absolute atomic E-state index is 0.0182. The molecule has 216 valence electrons. The molecule has 2 aromatic carbocycles. The van der Waals surface area contributed by atoms with Crippen molar-refractivity contribution in [1.82, 2.24) is 4.90 Å². The lowest BCUT2D eigenvalue weighted by Gasteiger charge is -2.22. The van der Waals surface area contributed by atoms with E-state index in [1.54, 1.807) is 55.5 Å². The summed E-state index contributed by atoms with van der Waals surface area (Å²) in [6, 6.07) is 13.3. The molecule has 0 radical (unpaired) electrons. The molecule has 12 heteroatoms. The smallest absolute Gasteiger partial charge is 0.415 e. The number of methoxy groups -OCH3 is 1. The summed E-state index contributed by atoms with van der Waals surface area (Å²) >= 11 is 0. The molecule has 9 nitrogen and oxygen atoms in total. The number of ether oxygens (including phenoxy) is 5. The van der Waals surface area contributed by atoms with Crippen LogP contribution in [-0.4, -0.2) is 81.0 Å². The number of alkyl halides is 3. The first-order valence-corrected chi connectivity index (χ1v) is 12.4. The molecule has 0 spiro atoms. The summed E-state index contributed by atoms with van der Waals surface area (Å²) in [6.45, 7) is 2.22. The maximum absolute atomic E-state index is 12.8. The van der Waals surface area contributed by atoms with Crippen molar-refractivity contribution in [3.05, 3.63) is 54.1 Å². The molecular weight excluding hydrogens is 523 g/mol. The van der Waals surface area contributed by atoms with Gasteiger partial charge in [-0.15, -0.1) is 0 Å². The molecule has 0 aliphatic rings. The van der Waals surface area contributed by atoms with Gasteiger partial charge in [0.15, 0.2) is 6.10 Å². The van der Waals surface area contributed by atoms with Gasteiger partial charge in [0.1, 0.15) is 23.9 Å². The van der Waals surface area contributed by atoms with E-state index >= 15 is 0 Å². The fourth-order valence-electron chi connectivity index (χ4n) is 3.40. The van der Waals surface area contributed by atoms with Gasteiger partial charge in [-0.1, -0.05) is 18.2 Å². The zero-order valence-corrected chi connectivity index (χ0v) is 21.9. The van der Waals surface area contributed by atoms with Crippen LogP contribution < -0.4 is 14.2 Å². The number of hydrogen-bond acceptors (Lipinski definition) is 7. The second kappa shape index (κ2) is 16.5. The van der Waals surface area contributed by atoms with Gasteiger partial charge in [0.25, 0.3) is 0 Å². The van der Waals surface area contributed by atoms with E-state index in [0.717, 1.165) is 5.56 Å². The second-order valence-corrected chi connectivity index (χ2v) is 8.34. The molecule has 0 fully saturated rings. The predicted molar refractivity (Wildman–Crippen MR) is 135 cm³/mol. The molecular formula is C27H34F3NO8. The molecule has 2 aromatic rings. The summed E-state index contributed by atoms with van der Waals surface area (Å²) in [6.07, 6.45) is -6.78. The lowest BCUT2D eigenvalue weighted by atomic mass is 10.1. The van der Waals surface area contributed by atoms with Gasteiger partial charge in [-0.3, -0.25) is 0 Å². The van der Waals surface area contributed by atoms with Crippen LogP contribution in [0.4, 0.5) is 18.0 Å². The highest BCUT2D eigenvalue weighted by atomic mass is 19.4. The Hall–Kier alpha value is -3.51. The lowest BCUT2D eigenvalue weighted by Crippen LogP contribution is -2.39. The van der Waals surface area contributed by atoms with Gasteiger partial charge in [-0.05, 0) is 43.2 Å². The monoisotopic (exact) mass is 557 g/mol. The topological polar surface area (TPSA) is 104 Å². The molecule has 0 aliphatic heterocycles. The SMILES string of the molecule is CCOC(Cc1ccc(OCCN(CCOCCCC(F)(F)F)C(=O)Oc2cccc(OC)c2)cc1)C(=O)O. The molecule has 0 heterocycles. The Labute approximate surface area is 225 Å². The Morgan fingerprint density at radius 1 is 0.974 bits per heavy atom. The summed E-state index contributed by atoms with van der Waals surface area (Å²) in [5.41, 5.74) is 0.759. The third-order valence-electron chi connectivity index (χ3n) is 5.38. The average Bonchev–Trinajstić information content (AvgIpc) is 2.89. The van der Waals surface area contributed by atoms with Gasteiger partial charge >= 0.3 is 18.2 Å². The molecule has 0 bridgehead atoms. The number of carbonyl (C=O) groups excluding carboxylic acids is 1. The Kier molecular flexibility index (Phi) is 13.4. The highest BCUT2D eigenvalue weighted by Crippen LogP contribution is 2.21. The first kappa shape index (κ1) is 31.7. The number of carboxylic acids is 1. The maximum Gasteiger partial charge on any atom is 0.415 e. The summed E-state index contributed by atoms with van der Waals surface area (Å²) in [5, 5.41) is 9.24. The van der Waals surface area contributed by atoms with Crippen LogP contribution in [0.5, 0.6) is 17.2 Å². The number of halogens is 3. The Morgan fingerprint density at radius 3 is 2.31 bits per heavy atom. The van der Waals surface area contributed by atoms with Crippen LogP contribution in [0.25, 0.3) is 0 Å². The van der Waals surface area contributed by atoms with E-state index < -0.39 is 30.8 Å². The number of amides is 1. The summed E-state index contributed by atoms with van der Waals surface area (Å²) < 4.78 is 63.7. The van der Waals surface area contributed by atoms with Gasteiger partial charge in [0.05, 0.1) is 20.3 Å². The summed E-state index contributed by atoms with van der Waals surface area (Å²) in [5.74, 6) is 0.232. The van der Waals surface area contributed by atoms with Crippen LogP contribution >= 0.6 is 0 Å². The van der Waals surface area contributed by atoms with Gasteiger partial charge in [-0.25, -0.2) is 9.59 Å². The molecule has 1 amide bonds. The van der Waals surface area contributed by atoms with Gasteiger partial charge in [0.2, 0.25) is 0 Å². The molecule has 1 N–H and O–H groups in total. The Balaban J connectivity index is 1.91. The highest BCUT2D eigenvalue weighted by Gasteiger charge is 2.26.